The number of hydrogen-bond acceptors (Lipinski definition) is 5. The molecule has 2 aliphatic rings. The molecule has 2 aromatic rings. The quantitative estimate of drug-likeness (QED) is 0.326. The zero-order valence-corrected chi connectivity index (χ0v) is 22.0. The van der Waals surface area contributed by atoms with Crippen LogP contribution in [-0.2, 0) is 27.7 Å². The van der Waals surface area contributed by atoms with Crippen molar-refractivity contribution in [2.45, 2.75) is 55.9 Å². The molecule has 0 aromatic heterocycles. The molecule has 2 aliphatic heterocycles. The Bertz CT molecular complexity index is 1210. The van der Waals surface area contributed by atoms with Crippen LogP contribution >= 0.6 is 22.6 Å². The SMILES string of the molecule is C[C@H](Oc1ccc(S(=O)(=O)CI)cc1C(=O)N1Cc2ccc(C3CCOCC3)cc2C1)C(F)(F)F. The van der Waals surface area contributed by atoms with Crippen molar-refractivity contribution in [2.75, 3.05) is 17.0 Å². The molecule has 0 spiro atoms. The van der Waals surface area contributed by atoms with Crippen LogP contribution in [0.25, 0.3) is 0 Å². The van der Waals surface area contributed by atoms with Crippen LogP contribution in [0.3, 0.4) is 0 Å². The molecule has 0 aliphatic carbocycles. The second-order valence-electron chi connectivity index (χ2n) is 8.76. The number of carbonyl (C=O) groups excluding carboxylic acids is 1. The van der Waals surface area contributed by atoms with Crippen molar-refractivity contribution in [1.82, 2.24) is 4.90 Å². The maximum Gasteiger partial charge on any atom is 0.425 e. The van der Waals surface area contributed by atoms with Gasteiger partial charge in [-0.25, -0.2) is 8.42 Å². The fourth-order valence-electron chi connectivity index (χ4n) is 4.31. The molecule has 11 heteroatoms. The number of fused-ring (bicyclic) bond motifs is 1. The van der Waals surface area contributed by atoms with Crippen molar-refractivity contribution in [3.63, 3.8) is 0 Å². The van der Waals surface area contributed by atoms with Crippen molar-refractivity contribution in [3.8, 4) is 5.75 Å². The third-order valence-corrected chi connectivity index (χ3v) is 10.1. The highest BCUT2D eigenvalue weighted by molar-refractivity contribution is 14.1. The molecular formula is C24H25F3INO5S. The molecule has 2 heterocycles. The summed E-state index contributed by atoms with van der Waals surface area (Å²) in [6, 6.07) is 9.52. The van der Waals surface area contributed by atoms with Gasteiger partial charge in [-0.1, -0.05) is 40.8 Å². The number of ether oxygens (including phenoxy) is 2. The first-order valence-corrected chi connectivity index (χ1v) is 14.3. The van der Waals surface area contributed by atoms with Crippen molar-refractivity contribution in [1.29, 1.82) is 0 Å². The molecule has 0 bridgehead atoms. The van der Waals surface area contributed by atoms with Crippen molar-refractivity contribution < 1.29 is 35.9 Å². The van der Waals surface area contributed by atoms with E-state index in [4.69, 9.17) is 9.47 Å². The number of hydrogen-bond donors (Lipinski definition) is 0. The van der Waals surface area contributed by atoms with E-state index in [-0.39, 0.29) is 33.1 Å². The van der Waals surface area contributed by atoms with Crippen molar-refractivity contribution >= 4 is 38.3 Å². The Kier molecular flexibility index (Phi) is 7.68. The van der Waals surface area contributed by atoms with Gasteiger partial charge in [-0.15, -0.1) is 0 Å². The minimum atomic E-state index is -4.64. The maximum absolute atomic E-state index is 13.5. The molecule has 2 aromatic carbocycles. The Morgan fingerprint density at radius 1 is 1.14 bits per heavy atom. The van der Waals surface area contributed by atoms with Crippen molar-refractivity contribution in [2.24, 2.45) is 0 Å². The summed E-state index contributed by atoms with van der Waals surface area (Å²) in [6.45, 7) is 2.82. The van der Waals surface area contributed by atoms with Crippen LogP contribution < -0.4 is 4.74 Å². The first kappa shape index (κ1) is 26.2. The number of halogens is 4. The average Bonchev–Trinajstić information content (AvgIpc) is 3.27. The number of amides is 1. The highest BCUT2D eigenvalue weighted by Gasteiger charge is 2.39. The van der Waals surface area contributed by atoms with Crippen LogP contribution in [0.1, 0.15) is 52.7 Å². The van der Waals surface area contributed by atoms with E-state index >= 15 is 0 Å². The summed E-state index contributed by atoms with van der Waals surface area (Å²) < 4.78 is 74.5. The number of carbonyl (C=O) groups is 1. The molecular weight excluding hydrogens is 598 g/mol. The van der Waals surface area contributed by atoms with Gasteiger partial charge in [-0.2, -0.15) is 13.2 Å². The monoisotopic (exact) mass is 623 g/mol. The first-order chi connectivity index (χ1) is 16.5. The van der Waals surface area contributed by atoms with E-state index in [1.807, 2.05) is 6.07 Å². The second-order valence-corrected chi connectivity index (χ2v) is 12.5. The second kappa shape index (κ2) is 10.3. The fourth-order valence-corrected chi connectivity index (χ4v) is 6.08. The van der Waals surface area contributed by atoms with Gasteiger partial charge in [0.25, 0.3) is 5.91 Å². The Morgan fingerprint density at radius 2 is 1.83 bits per heavy atom. The Hall–Kier alpha value is -1.86. The lowest BCUT2D eigenvalue weighted by molar-refractivity contribution is -0.189. The molecule has 0 radical (unpaired) electrons. The van der Waals surface area contributed by atoms with Gasteiger partial charge in [0.1, 0.15) is 9.51 Å². The molecule has 0 saturated carbocycles. The lowest BCUT2D eigenvalue weighted by Gasteiger charge is -2.23. The first-order valence-electron chi connectivity index (χ1n) is 11.1. The largest absolute Gasteiger partial charge is 0.480 e. The summed E-state index contributed by atoms with van der Waals surface area (Å²) >= 11 is 1.69. The molecule has 0 unspecified atom stereocenters. The summed E-state index contributed by atoms with van der Waals surface area (Å²) in [5.74, 6) is -0.493. The van der Waals surface area contributed by atoms with Crippen LogP contribution in [0, 0.1) is 0 Å². The molecule has 35 heavy (non-hydrogen) atoms. The zero-order chi connectivity index (χ0) is 25.4. The molecule has 1 amide bonds. The van der Waals surface area contributed by atoms with Gasteiger partial charge in [-0.05, 0) is 60.6 Å². The summed E-state index contributed by atoms with van der Waals surface area (Å²) in [4.78, 5) is 14.8. The normalized spacial score (nSPS) is 17.8. The van der Waals surface area contributed by atoms with E-state index in [1.54, 1.807) is 22.6 Å². The van der Waals surface area contributed by atoms with Gasteiger partial charge in [0.15, 0.2) is 15.9 Å². The molecule has 4 rings (SSSR count). The minimum Gasteiger partial charge on any atom is -0.480 e. The third-order valence-electron chi connectivity index (χ3n) is 6.38. The molecule has 190 valence electrons. The van der Waals surface area contributed by atoms with Gasteiger partial charge in [-0.3, -0.25) is 4.79 Å². The van der Waals surface area contributed by atoms with Gasteiger partial charge >= 0.3 is 6.18 Å². The fraction of sp³-hybridized carbons (Fsp3) is 0.458. The Balaban J connectivity index is 1.63. The molecule has 6 nitrogen and oxygen atoms in total. The highest BCUT2D eigenvalue weighted by Crippen LogP contribution is 2.34. The number of sulfone groups is 1. The van der Waals surface area contributed by atoms with E-state index in [9.17, 15) is 26.4 Å². The predicted molar refractivity (Wildman–Crippen MR) is 131 cm³/mol. The smallest absolute Gasteiger partial charge is 0.425 e. The summed E-state index contributed by atoms with van der Waals surface area (Å²) in [5, 5.41) is 0. The van der Waals surface area contributed by atoms with Crippen LogP contribution in [0.5, 0.6) is 5.75 Å². The van der Waals surface area contributed by atoms with E-state index in [0.29, 0.717) is 19.1 Å². The predicted octanol–water partition coefficient (Wildman–Crippen LogP) is 5.23. The molecule has 1 saturated heterocycles. The standard InChI is InChI=1S/C24H25F3INO5S/c1-15(24(25,26)27)34-22-5-4-20(35(31,32)14-28)11-21(22)23(30)29-12-18-3-2-17(10-19(18)13-29)16-6-8-33-9-7-16/h2-5,10-11,15-16H,6-9,12-14H2,1H3/t15-/m0/s1. The molecule has 0 N–H and O–H groups in total. The van der Waals surface area contributed by atoms with Gasteiger partial charge in [0.2, 0.25) is 0 Å². The van der Waals surface area contributed by atoms with Crippen LogP contribution in [-0.4, -0.2) is 48.5 Å². The van der Waals surface area contributed by atoms with Gasteiger partial charge in [0.05, 0.1) is 10.5 Å². The topological polar surface area (TPSA) is 72.9 Å². The van der Waals surface area contributed by atoms with Gasteiger partial charge in [0, 0.05) is 26.3 Å². The van der Waals surface area contributed by atoms with Crippen LogP contribution in [0.15, 0.2) is 41.3 Å². The summed E-state index contributed by atoms with van der Waals surface area (Å²) in [5.41, 5.74) is 2.91. The summed E-state index contributed by atoms with van der Waals surface area (Å²) in [6.07, 6.45) is -4.95. The summed E-state index contributed by atoms with van der Waals surface area (Å²) in [7, 11) is -3.70. The van der Waals surface area contributed by atoms with E-state index in [2.05, 4.69) is 12.1 Å². The average molecular weight is 623 g/mol. The third kappa shape index (κ3) is 5.77. The van der Waals surface area contributed by atoms with E-state index in [1.165, 1.54) is 16.5 Å². The highest BCUT2D eigenvalue weighted by atomic mass is 127. The van der Waals surface area contributed by atoms with Crippen LogP contribution in [0.4, 0.5) is 13.2 Å². The van der Waals surface area contributed by atoms with Gasteiger partial charge < -0.3 is 14.4 Å². The number of benzene rings is 2. The molecule has 1 atom stereocenters. The van der Waals surface area contributed by atoms with Crippen molar-refractivity contribution in [3.05, 3.63) is 58.7 Å². The number of rotatable bonds is 6. The number of alkyl halides is 4. The van der Waals surface area contributed by atoms with Crippen LogP contribution in [0.2, 0.25) is 0 Å². The lowest BCUT2D eigenvalue weighted by Crippen LogP contribution is -2.32. The minimum absolute atomic E-state index is 0.138. The zero-order valence-electron chi connectivity index (χ0n) is 19.0. The van der Waals surface area contributed by atoms with E-state index in [0.717, 1.165) is 43.0 Å². The Morgan fingerprint density at radius 3 is 2.49 bits per heavy atom. The number of nitrogens with zero attached hydrogens (tertiary/aromatic N) is 1. The lowest BCUT2D eigenvalue weighted by atomic mass is 9.90. The maximum atomic E-state index is 13.5. The molecule has 1 fully saturated rings. The van der Waals surface area contributed by atoms with E-state index < -0.39 is 28.0 Å². The Labute approximate surface area is 215 Å².